The molecule has 11 heteroatoms. The first-order valence-electron chi connectivity index (χ1n) is 10.2. The minimum Gasteiger partial charge on any atom is -0.471 e. The standard InChI is InChI=1S/C22H19F4N5O2/c1-13-16(33-18-12-29-17(11-30-18)22(24,25)26)7-3-10-31(13)21(32)14-5-2-6-15(23)19(14)20-27-8-4-9-28-20/h2,4-6,8-9,11-13,16H,3,7,10H2,1H3/t13-,16+/m0/s1. The predicted octanol–water partition coefficient (Wildman–Crippen LogP) is 4.16. The number of hydrogen-bond donors (Lipinski definition) is 0. The number of rotatable bonds is 4. The van der Waals surface area contributed by atoms with E-state index in [9.17, 15) is 22.4 Å². The molecule has 2 atom stereocenters. The number of carbonyl (C=O) groups excluding carboxylic acids is 1. The second-order valence-corrected chi connectivity index (χ2v) is 7.51. The number of piperidine rings is 1. The maximum absolute atomic E-state index is 14.7. The number of likely N-dealkylation sites (tertiary alicyclic amines) is 1. The van der Waals surface area contributed by atoms with Gasteiger partial charge in [0.05, 0.1) is 29.6 Å². The highest BCUT2D eigenvalue weighted by Gasteiger charge is 2.36. The van der Waals surface area contributed by atoms with Crippen molar-refractivity contribution in [1.82, 2.24) is 24.8 Å². The van der Waals surface area contributed by atoms with Crippen LogP contribution in [0.1, 0.15) is 35.8 Å². The number of alkyl halides is 3. The van der Waals surface area contributed by atoms with Crippen LogP contribution in [0.15, 0.2) is 49.1 Å². The lowest BCUT2D eigenvalue weighted by Crippen LogP contribution is -2.51. The van der Waals surface area contributed by atoms with Crippen molar-refractivity contribution in [1.29, 1.82) is 0 Å². The summed E-state index contributed by atoms with van der Waals surface area (Å²) < 4.78 is 58.5. The maximum Gasteiger partial charge on any atom is 0.434 e. The molecule has 2 aromatic heterocycles. The normalized spacial score (nSPS) is 18.8. The Bertz CT molecular complexity index is 1130. The van der Waals surface area contributed by atoms with Crippen molar-refractivity contribution in [3.8, 4) is 17.3 Å². The van der Waals surface area contributed by atoms with Crippen LogP contribution in [0, 0.1) is 5.82 Å². The summed E-state index contributed by atoms with van der Waals surface area (Å²) in [5.74, 6) is -1.02. The molecule has 0 aliphatic carbocycles. The molecule has 0 saturated carbocycles. The van der Waals surface area contributed by atoms with Gasteiger partial charge in [-0.15, -0.1) is 0 Å². The fraction of sp³-hybridized carbons (Fsp3) is 0.318. The second-order valence-electron chi connectivity index (χ2n) is 7.51. The Morgan fingerprint density at radius 3 is 2.52 bits per heavy atom. The van der Waals surface area contributed by atoms with E-state index in [0.29, 0.717) is 25.6 Å². The van der Waals surface area contributed by atoms with Crippen LogP contribution in [0.2, 0.25) is 0 Å². The molecule has 0 unspecified atom stereocenters. The number of carbonyl (C=O) groups is 1. The summed E-state index contributed by atoms with van der Waals surface area (Å²) in [5.41, 5.74) is -1.000. The average Bonchev–Trinajstić information content (AvgIpc) is 2.80. The zero-order chi connectivity index (χ0) is 23.6. The van der Waals surface area contributed by atoms with E-state index in [0.717, 1.165) is 6.20 Å². The summed E-state index contributed by atoms with van der Waals surface area (Å²) in [7, 11) is 0. The number of aromatic nitrogens is 4. The van der Waals surface area contributed by atoms with Crippen molar-refractivity contribution >= 4 is 5.91 Å². The molecule has 1 aliphatic rings. The summed E-state index contributed by atoms with van der Waals surface area (Å²) in [5, 5.41) is 0. The molecular weight excluding hydrogens is 442 g/mol. The van der Waals surface area contributed by atoms with E-state index < -0.39 is 35.7 Å². The van der Waals surface area contributed by atoms with Crippen LogP contribution < -0.4 is 4.74 Å². The average molecular weight is 461 g/mol. The Hall–Kier alpha value is -3.63. The molecule has 0 radical (unpaired) electrons. The molecule has 7 nitrogen and oxygen atoms in total. The van der Waals surface area contributed by atoms with Gasteiger partial charge in [-0.25, -0.2) is 24.3 Å². The Kier molecular flexibility index (Phi) is 6.21. The molecule has 1 fully saturated rings. The smallest absolute Gasteiger partial charge is 0.434 e. The second kappa shape index (κ2) is 9.08. The van der Waals surface area contributed by atoms with Gasteiger partial charge in [-0.3, -0.25) is 4.79 Å². The van der Waals surface area contributed by atoms with E-state index in [4.69, 9.17) is 4.74 Å². The quantitative estimate of drug-likeness (QED) is 0.543. The van der Waals surface area contributed by atoms with Crippen molar-refractivity contribution in [2.24, 2.45) is 0 Å². The molecule has 3 aromatic rings. The molecule has 1 saturated heterocycles. The first-order chi connectivity index (χ1) is 15.8. The van der Waals surface area contributed by atoms with Gasteiger partial charge in [0.2, 0.25) is 5.88 Å². The lowest BCUT2D eigenvalue weighted by Gasteiger charge is -2.39. The van der Waals surface area contributed by atoms with Crippen LogP contribution in [-0.4, -0.2) is 49.4 Å². The highest BCUT2D eigenvalue weighted by Crippen LogP contribution is 2.30. The molecule has 33 heavy (non-hydrogen) atoms. The summed E-state index contributed by atoms with van der Waals surface area (Å²) in [4.78, 5) is 30.1. The third-order valence-corrected chi connectivity index (χ3v) is 5.40. The van der Waals surface area contributed by atoms with E-state index in [1.807, 2.05) is 0 Å². The lowest BCUT2D eigenvalue weighted by molar-refractivity contribution is -0.141. The monoisotopic (exact) mass is 461 g/mol. The molecule has 0 N–H and O–H groups in total. The summed E-state index contributed by atoms with van der Waals surface area (Å²) in [6.45, 7) is 2.17. The van der Waals surface area contributed by atoms with Crippen LogP contribution in [0.4, 0.5) is 17.6 Å². The fourth-order valence-corrected chi connectivity index (χ4v) is 3.74. The van der Waals surface area contributed by atoms with Crippen molar-refractivity contribution in [2.45, 2.75) is 38.1 Å². The third-order valence-electron chi connectivity index (χ3n) is 5.40. The lowest BCUT2D eigenvalue weighted by atomic mass is 9.97. The van der Waals surface area contributed by atoms with Gasteiger partial charge in [-0.05, 0) is 38.0 Å². The largest absolute Gasteiger partial charge is 0.471 e. The molecular formula is C22H19F4N5O2. The molecule has 0 spiro atoms. The van der Waals surface area contributed by atoms with Crippen molar-refractivity contribution < 1.29 is 27.1 Å². The maximum atomic E-state index is 14.7. The van der Waals surface area contributed by atoms with Crippen LogP contribution in [0.3, 0.4) is 0 Å². The van der Waals surface area contributed by atoms with Crippen LogP contribution in [0.25, 0.3) is 11.4 Å². The first kappa shape index (κ1) is 22.6. The van der Waals surface area contributed by atoms with Crippen molar-refractivity contribution in [3.05, 3.63) is 66.1 Å². The van der Waals surface area contributed by atoms with Crippen LogP contribution in [-0.2, 0) is 6.18 Å². The first-order valence-corrected chi connectivity index (χ1v) is 10.2. The molecule has 1 aromatic carbocycles. The summed E-state index contributed by atoms with van der Waals surface area (Å²) >= 11 is 0. The molecule has 1 amide bonds. The number of nitrogens with zero attached hydrogens (tertiary/aromatic N) is 5. The number of halogens is 4. The SMILES string of the molecule is C[C@H]1[C@H](Oc2cnc(C(F)(F)F)cn2)CCCN1C(=O)c1cccc(F)c1-c1ncccn1. The van der Waals surface area contributed by atoms with Gasteiger partial charge < -0.3 is 9.64 Å². The van der Waals surface area contributed by atoms with Gasteiger partial charge in [-0.1, -0.05) is 6.07 Å². The van der Waals surface area contributed by atoms with Gasteiger partial charge in [-0.2, -0.15) is 13.2 Å². The van der Waals surface area contributed by atoms with Gasteiger partial charge >= 0.3 is 6.18 Å². The zero-order valence-corrected chi connectivity index (χ0v) is 17.5. The van der Waals surface area contributed by atoms with Crippen LogP contribution >= 0.6 is 0 Å². The van der Waals surface area contributed by atoms with E-state index in [2.05, 4.69) is 19.9 Å². The van der Waals surface area contributed by atoms with E-state index in [1.165, 1.54) is 30.6 Å². The topological polar surface area (TPSA) is 81.1 Å². The molecule has 3 heterocycles. The Balaban J connectivity index is 1.56. The molecule has 1 aliphatic heterocycles. The van der Waals surface area contributed by atoms with Crippen LogP contribution in [0.5, 0.6) is 5.88 Å². The number of hydrogen-bond acceptors (Lipinski definition) is 6. The number of ether oxygens (including phenoxy) is 1. The fourth-order valence-electron chi connectivity index (χ4n) is 3.74. The van der Waals surface area contributed by atoms with Gasteiger partial charge in [0.25, 0.3) is 5.91 Å². The predicted molar refractivity (Wildman–Crippen MR) is 109 cm³/mol. The number of benzene rings is 1. The zero-order valence-electron chi connectivity index (χ0n) is 17.5. The molecule has 0 bridgehead atoms. The van der Waals surface area contributed by atoms with Gasteiger partial charge in [0, 0.05) is 18.9 Å². The van der Waals surface area contributed by atoms with Gasteiger partial charge in [0.1, 0.15) is 11.9 Å². The Morgan fingerprint density at radius 2 is 1.85 bits per heavy atom. The number of amides is 1. The summed E-state index contributed by atoms with van der Waals surface area (Å²) in [6.07, 6.45) is 0.449. The minimum absolute atomic E-state index is 0.00643. The summed E-state index contributed by atoms with van der Waals surface area (Å²) in [6, 6.07) is 5.32. The highest BCUT2D eigenvalue weighted by atomic mass is 19.4. The molecule has 172 valence electrons. The van der Waals surface area contributed by atoms with E-state index in [1.54, 1.807) is 17.9 Å². The highest BCUT2D eigenvalue weighted by molar-refractivity contribution is 6.00. The van der Waals surface area contributed by atoms with E-state index >= 15 is 0 Å². The Labute approximate surface area is 186 Å². The van der Waals surface area contributed by atoms with Gasteiger partial charge in [0.15, 0.2) is 11.5 Å². The van der Waals surface area contributed by atoms with Crippen molar-refractivity contribution in [2.75, 3.05) is 6.54 Å². The Morgan fingerprint density at radius 1 is 1.09 bits per heavy atom. The third kappa shape index (κ3) is 4.76. The van der Waals surface area contributed by atoms with Crippen molar-refractivity contribution in [3.63, 3.8) is 0 Å². The molecule has 4 rings (SSSR count). The minimum atomic E-state index is -4.60. The van der Waals surface area contributed by atoms with E-state index in [-0.39, 0.29) is 22.8 Å².